The summed E-state index contributed by atoms with van der Waals surface area (Å²) in [5, 5.41) is 8.64. The fraction of sp³-hybridized carbons (Fsp3) is 0.400. The molecule has 0 aromatic heterocycles. The van der Waals surface area contributed by atoms with Crippen molar-refractivity contribution in [3.05, 3.63) is 30.0 Å². The van der Waals surface area contributed by atoms with Gasteiger partial charge < -0.3 is 5.11 Å². The number of unbranched alkanes of at least 4 members (excludes halogenated alkanes) is 1. The first-order chi connectivity index (χ1) is 5.72. The fourth-order valence-corrected chi connectivity index (χ4v) is 0.692. The van der Waals surface area contributed by atoms with Gasteiger partial charge in [-0.3, -0.25) is 0 Å². The summed E-state index contributed by atoms with van der Waals surface area (Å²) in [7, 11) is 0. The first-order valence-corrected chi connectivity index (χ1v) is 4.00. The molecule has 0 spiro atoms. The molecule has 0 aromatic carbocycles. The quantitative estimate of drug-likeness (QED) is 0.387. The molecule has 0 saturated carbocycles. The maximum absolute atomic E-state index is 10.5. The lowest BCUT2D eigenvalue weighted by atomic mass is 10.2. The van der Waals surface area contributed by atoms with Crippen molar-refractivity contribution in [3.63, 3.8) is 0 Å². The molecule has 0 aliphatic heterocycles. The van der Waals surface area contributed by atoms with E-state index < -0.39 is 5.97 Å². The Labute approximate surface area is 72.9 Å². The minimum absolute atomic E-state index is 0.276. The normalized spacial score (nSPS) is 8.42. The van der Waals surface area contributed by atoms with E-state index in [1.807, 2.05) is 6.92 Å². The molecule has 0 atom stereocenters. The summed E-state index contributed by atoms with van der Waals surface area (Å²) in [5.74, 6) is -0.915. The lowest BCUT2D eigenvalue weighted by Gasteiger charge is -1.90. The number of carbonyl (C=O) groups is 1. The third kappa shape index (κ3) is 4.53. The zero-order chi connectivity index (χ0) is 9.40. The van der Waals surface area contributed by atoms with E-state index in [1.54, 1.807) is 12.2 Å². The highest BCUT2D eigenvalue weighted by Gasteiger charge is 2.01. The molecule has 0 fully saturated rings. The van der Waals surface area contributed by atoms with E-state index >= 15 is 0 Å². The van der Waals surface area contributed by atoms with Crippen LogP contribution in [0.25, 0.3) is 0 Å². The van der Waals surface area contributed by atoms with Gasteiger partial charge in [0.25, 0.3) is 0 Å². The average Bonchev–Trinajstić information content (AvgIpc) is 2.03. The second-order valence-corrected chi connectivity index (χ2v) is 2.41. The Kier molecular flexibility index (Phi) is 5.76. The van der Waals surface area contributed by atoms with Crippen LogP contribution in [0.4, 0.5) is 0 Å². The number of hydrogen-bond acceptors (Lipinski definition) is 1. The third-order valence-corrected chi connectivity index (χ3v) is 1.32. The number of carboxylic acids is 1. The topological polar surface area (TPSA) is 37.3 Å². The van der Waals surface area contributed by atoms with E-state index in [2.05, 4.69) is 12.3 Å². The molecule has 0 saturated heterocycles. The number of carboxylic acid groups (broad SMARTS) is 1. The Bertz CT molecular complexity index is 220. The van der Waals surface area contributed by atoms with Crippen molar-refractivity contribution in [3.8, 4) is 0 Å². The van der Waals surface area contributed by atoms with E-state index in [-0.39, 0.29) is 5.57 Å². The van der Waals surface area contributed by atoms with Crippen molar-refractivity contribution in [2.75, 3.05) is 0 Å². The highest BCUT2D eigenvalue weighted by atomic mass is 16.4. The second kappa shape index (κ2) is 6.44. The minimum atomic E-state index is -0.915. The maximum atomic E-state index is 10.5. The summed E-state index contributed by atoms with van der Waals surface area (Å²) in [4.78, 5) is 10.5. The van der Waals surface area contributed by atoms with Crippen molar-refractivity contribution in [1.29, 1.82) is 0 Å². The Morgan fingerprint density at radius 3 is 2.75 bits per heavy atom. The lowest BCUT2D eigenvalue weighted by Crippen LogP contribution is -1.97. The molecule has 0 aliphatic rings. The van der Waals surface area contributed by atoms with Crippen LogP contribution in [0.15, 0.2) is 30.0 Å². The molecule has 12 heavy (non-hydrogen) atoms. The molecule has 0 aliphatic carbocycles. The predicted octanol–water partition coefficient (Wildman–Crippen LogP) is 2.53. The van der Waals surface area contributed by atoms with Crippen LogP contribution >= 0.6 is 0 Å². The van der Waals surface area contributed by atoms with Gasteiger partial charge in [-0.15, -0.1) is 12.3 Å². The fourth-order valence-electron chi connectivity index (χ4n) is 0.692. The van der Waals surface area contributed by atoms with Crippen molar-refractivity contribution < 1.29 is 9.90 Å². The second-order valence-electron chi connectivity index (χ2n) is 2.41. The predicted molar refractivity (Wildman–Crippen MR) is 49.0 cm³/mol. The van der Waals surface area contributed by atoms with E-state index in [0.29, 0.717) is 6.42 Å². The summed E-state index contributed by atoms with van der Waals surface area (Å²) in [6.07, 6.45) is 5.57. The highest BCUT2D eigenvalue weighted by molar-refractivity contribution is 5.86. The van der Waals surface area contributed by atoms with Crippen molar-refractivity contribution in [1.82, 2.24) is 0 Å². The summed E-state index contributed by atoms with van der Waals surface area (Å²) in [6, 6.07) is 0. The molecular formula is C10H14O2. The van der Waals surface area contributed by atoms with Crippen LogP contribution < -0.4 is 0 Å². The van der Waals surface area contributed by atoms with Gasteiger partial charge in [-0.05, 0) is 12.5 Å². The van der Waals surface area contributed by atoms with Crippen LogP contribution in [0, 0.1) is 0 Å². The highest BCUT2D eigenvalue weighted by Crippen LogP contribution is 2.00. The van der Waals surface area contributed by atoms with Gasteiger partial charge in [0.1, 0.15) is 0 Å². The van der Waals surface area contributed by atoms with Gasteiger partial charge in [0.05, 0.1) is 5.57 Å². The van der Waals surface area contributed by atoms with Crippen LogP contribution in [0.5, 0.6) is 0 Å². The molecule has 1 N–H and O–H groups in total. The molecule has 0 bridgehead atoms. The van der Waals surface area contributed by atoms with Crippen LogP contribution in [0.3, 0.4) is 0 Å². The van der Waals surface area contributed by atoms with Gasteiger partial charge in [0.2, 0.25) is 0 Å². The Hall–Kier alpha value is -1.27. The van der Waals surface area contributed by atoms with Crippen molar-refractivity contribution >= 4 is 5.97 Å². The minimum Gasteiger partial charge on any atom is -0.477 e. The SMILES string of the molecule is C=CCC(=C=CCCC)C(=O)O. The largest absolute Gasteiger partial charge is 0.477 e. The number of rotatable bonds is 5. The number of hydrogen-bond donors (Lipinski definition) is 1. The molecule has 66 valence electrons. The van der Waals surface area contributed by atoms with E-state index in [4.69, 9.17) is 5.11 Å². The first kappa shape index (κ1) is 10.7. The Morgan fingerprint density at radius 1 is 1.67 bits per heavy atom. The smallest absolute Gasteiger partial charge is 0.339 e. The zero-order valence-electron chi connectivity index (χ0n) is 7.34. The molecule has 0 unspecified atom stereocenters. The van der Waals surface area contributed by atoms with E-state index in [9.17, 15) is 4.79 Å². The zero-order valence-corrected chi connectivity index (χ0v) is 7.34. The summed E-state index contributed by atoms with van der Waals surface area (Å²) in [5.41, 5.74) is 3.02. The van der Waals surface area contributed by atoms with Crippen LogP contribution in [-0.2, 0) is 4.79 Å². The summed E-state index contributed by atoms with van der Waals surface area (Å²) >= 11 is 0. The lowest BCUT2D eigenvalue weighted by molar-refractivity contribution is -0.132. The standard InChI is InChI=1S/C10H14O2/c1-3-5-6-8-9(7-4-2)10(11)12/h4,6H,2-3,5,7H2,1H3,(H,11,12). The number of aliphatic carboxylic acids is 1. The molecule has 0 amide bonds. The van der Waals surface area contributed by atoms with Crippen molar-refractivity contribution in [2.24, 2.45) is 0 Å². The monoisotopic (exact) mass is 166 g/mol. The molecule has 0 heterocycles. The van der Waals surface area contributed by atoms with E-state index in [0.717, 1.165) is 12.8 Å². The average molecular weight is 166 g/mol. The Morgan fingerprint density at radius 2 is 2.33 bits per heavy atom. The maximum Gasteiger partial charge on any atom is 0.339 e. The summed E-state index contributed by atoms with van der Waals surface area (Å²) in [6.45, 7) is 5.51. The van der Waals surface area contributed by atoms with Gasteiger partial charge in [0.15, 0.2) is 0 Å². The molecule has 0 radical (unpaired) electrons. The van der Waals surface area contributed by atoms with Crippen LogP contribution in [-0.4, -0.2) is 11.1 Å². The molecule has 2 nitrogen and oxygen atoms in total. The van der Waals surface area contributed by atoms with Crippen LogP contribution in [0.1, 0.15) is 26.2 Å². The molecule has 2 heteroatoms. The molecule has 0 rings (SSSR count). The van der Waals surface area contributed by atoms with Crippen molar-refractivity contribution in [2.45, 2.75) is 26.2 Å². The Balaban J connectivity index is 4.36. The van der Waals surface area contributed by atoms with Crippen LogP contribution in [0.2, 0.25) is 0 Å². The molecule has 0 aromatic rings. The summed E-state index contributed by atoms with van der Waals surface area (Å²) < 4.78 is 0. The third-order valence-electron chi connectivity index (χ3n) is 1.32. The van der Waals surface area contributed by atoms with Gasteiger partial charge in [0, 0.05) is 6.42 Å². The first-order valence-electron chi connectivity index (χ1n) is 4.00. The van der Waals surface area contributed by atoms with E-state index in [1.165, 1.54) is 0 Å². The van der Waals surface area contributed by atoms with Gasteiger partial charge >= 0.3 is 5.97 Å². The molecular weight excluding hydrogens is 152 g/mol. The van der Waals surface area contributed by atoms with Gasteiger partial charge in [-0.2, -0.15) is 0 Å². The number of allylic oxidation sites excluding steroid dienone is 1. The van der Waals surface area contributed by atoms with Gasteiger partial charge in [-0.1, -0.05) is 19.4 Å². The van der Waals surface area contributed by atoms with Gasteiger partial charge in [-0.25, -0.2) is 4.79 Å².